The zero-order chi connectivity index (χ0) is 20.1. The van der Waals surface area contributed by atoms with Crippen LogP contribution < -0.4 is 5.43 Å². The van der Waals surface area contributed by atoms with E-state index in [-0.39, 0.29) is 0 Å². The third-order valence-electron chi connectivity index (χ3n) is 4.38. The Kier molecular flexibility index (Phi) is 5.42. The van der Waals surface area contributed by atoms with Crippen molar-refractivity contribution in [3.05, 3.63) is 95.4 Å². The molecule has 0 atom stereocenters. The van der Waals surface area contributed by atoms with Gasteiger partial charge < -0.3 is 0 Å². The van der Waals surface area contributed by atoms with Crippen LogP contribution in [-0.2, 0) is 6.54 Å². The van der Waals surface area contributed by atoms with Gasteiger partial charge >= 0.3 is 0 Å². The van der Waals surface area contributed by atoms with E-state index in [0.29, 0.717) is 12.5 Å². The monoisotopic (exact) mass is 382 g/mol. The summed E-state index contributed by atoms with van der Waals surface area (Å²) in [5.41, 5.74) is 8.76. The molecular weight excluding hydrogens is 360 g/mol. The molecule has 6 heteroatoms. The van der Waals surface area contributed by atoms with Crippen LogP contribution in [0.1, 0.15) is 22.5 Å². The number of hydrogen-bond donors (Lipinski definition) is 1. The largest absolute Gasteiger partial charge is 0.267 e. The van der Waals surface area contributed by atoms with E-state index in [1.807, 2.05) is 79.3 Å². The lowest BCUT2D eigenvalue weighted by Gasteiger charge is -2.01. The third-order valence-corrected chi connectivity index (χ3v) is 4.38. The Morgan fingerprint density at radius 2 is 1.59 bits per heavy atom. The highest BCUT2D eigenvalue weighted by molar-refractivity contribution is 5.88. The molecule has 4 rings (SSSR count). The lowest BCUT2D eigenvalue weighted by atomic mass is 10.1. The second kappa shape index (κ2) is 8.48. The molecule has 1 N–H and O–H groups in total. The van der Waals surface area contributed by atoms with Crippen LogP contribution in [0.5, 0.6) is 0 Å². The van der Waals surface area contributed by atoms with Crippen LogP contribution in [0, 0.1) is 13.8 Å². The molecule has 2 aromatic heterocycles. The standard InChI is InChI=1S/C23H22N6/c1-17-13-18(2)26-23(25-17)27-24-14-21-16-29(15-19-9-5-3-6-10-19)28-22(21)20-11-7-4-8-12-20/h3-14,16H,15H2,1-2H3,(H,25,26,27)/b24-14-. The fourth-order valence-corrected chi connectivity index (χ4v) is 3.14. The summed E-state index contributed by atoms with van der Waals surface area (Å²) in [7, 11) is 0. The first-order valence-corrected chi connectivity index (χ1v) is 9.45. The Bertz CT molecular complexity index is 1100. The summed E-state index contributed by atoms with van der Waals surface area (Å²) in [6.07, 6.45) is 3.76. The molecule has 0 aliphatic heterocycles. The Morgan fingerprint density at radius 3 is 2.28 bits per heavy atom. The summed E-state index contributed by atoms with van der Waals surface area (Å²) in [5, 5.41) is 9.14. The number of aromatic nitrogens is 4. The maximum absolute atomic E-state index is 4.80. The van der Waals surface area contributed by atoms with E-state index in [9.17, 15) is 0 Å². The van der Waals surface area contributed by atoms with Gasteiger partial charge in [-0.05, 0) is 25.5 Å². The van der Waals surface area contributed by atoms with Gasteiger partial charge in [-0.2, -0.15) is 10.2 Å². The zero-order valence-corrected chi connectivity index (χ0v) is 16.4. The molecule has 29 heavy (non-hydrogen) atoms. The van der Waals surface area contributed by atoms with Gasteiger partial charge in [0.05, 0.1) is 12.8 Å². The number of nitrogens with zero attached hydrogens (tertiary/aromatic N) is 5. The Labute approximate surface area is 170 Å². The maximum Gasteiger partial charge on any atom is 0.243 e. The van der Waals surface area contributed by atoms with Crippen molar-refractivity contribution in [2.24, 2.45) is 5.10 Å². The number of benzene rings is 2. The normalized spacial score (nSPS) is 11.1. The van der Waals surface area contributed by atoms with Gasteiger partial charge in [-0.15, -0.1) is 0 Å². The molecule has 0 aliphatic rings. The lowest BCUT2D eigenvalue weighted by molar-refractivity contribution is 0.689. The summed E-state index contributed by atoms with van der Waals surface area (Å²) in [5.74, 6) is 0.483. The minimum atomic E-state index is 0.483. The third kappa shape index (κ3) is 4.73. The van der Waals surface area contributed by atoms with Crippen molar-refractivity contribution < 1.29 is 0 Å². The number of hydrogen-bond acceptors (Lipinski definition) is 5. The smallest absolute Gasteiger partial charge is 0.243 e. The summed E-state index contributed by atoms with van der Waals surface area (Å²) < 4.78 is 1.94. The minimum Gasteiger partial charge on any atom is -0.267 e. The van der Waals surface area contributed by atoms with Crippen molar-refractivity contribution in [3.63, 3.8) is 0 Å². The zero-order valence-electron chi connectivity index (χ0n) is 16.4. The van der Waals surface area contributed by atoms with Gasteiger partial charge in [0.1, 0.15) is 5.69 Å². The van der Waals surface area contributed by atoms with Crippen LogP contribution >= 0.6 is 0 Å². The molecule has 0 saturated carbocycles. The highest BCUT2D eigenvalue weighted by Crippen LogP contribution is 2.21. The summed E-state index contributed by atoms with van der Waals surface area (Å²) in [4.78, 5) is 8.70. The van der Waals surface area contributed by atoms with Crippen LogP contribution in [0.15, 0.2) is 78.0 Å². The molecule has 0 spiro atoms. The summed E-state index contributed by atoms with van der Waals surface area (Å²) >= 11 is 0. The molecule has 144 valence electrons. The van der Waals surface area contributed by atoms with Crippen LogP contribution in [0.3, 0.4) is 0 Å². The molecule has 0 amide bonds. The average Bonchev–Trinajstić information content (AvgIpc) is 3.11. The molecule has 6 nitrogen and oxygen atoms in total. The summed E-state index contributed by atoms with van der Waals surface area (Å²) in [6, 6.07) is 22.3. The first-order valence-electron chi connectivity index (χ1n) is 9.45. The van der Waals surface area contributed by atoms with Gasteiger partial charge in [-0.3, -0.25) is 4.68 Å². The number of aryl methyl sites for hydroxylation is 2. The second-order valence-electron chi connectivity index (χ2n) is 6.83. The fraction of sp³-hybridized carbons (Fsp3) is 0.130. The number of hydrazone groups is 1. The van der Waals surface area contributed by atoms with E-state index in [1.165, 1.54) is 5.56 Å². The van der Waals surface area contributed by atoms with Gasteiger partial charge in [0.25, 0.3) is 0 Å². The first-order chi connectivity index (χ1) is 14.2. The minimum absolute atomic E-state index is 0.483. The number of rotatable bonds is 6. The molecule has 0 fully saturated rings. The molecule has 0 aliphatic carbocycles. The van der Waals surface area contributed by atoms with E-state index in [1.54, 1.807) is 6.21 Å². The van der Waals surface area contributed by atoms with Gasteiger partial charge in [0.2, 0.25) is 5.95 Å². The van der Waals surface area contributed by atoms with E-state index in [0.717, 1.165) is 28.2 Å². The van der Waals surface area contributed by atoms with E-state index in [2.05, 4.69) is 32.6 Å². The molecule has 2 aromatic carbocycles. The Morgan fingerprint density at radius 1 is 0.931 bits per heavy atom. The molecule has 0 bridgehead atoms. The molecule has 0 unspecified atom stereocenters. The first kappa shape index (κ1) is 18.6. The van der Waals surface area contributed by atoms with Gasteiger partial charge in [-0.25, -0.2) is 15.4 Å². The van der Waals surface area contributed by atoms with Gasteiger partial charge in [-0.1, -0.05) is 60.7 Å². The van der Waals surface area contributed by atoms with Crippen molar-refractivity contribution in [1.29, 1.82) is 0 Å². The maximum atomic E-state index is 4.80. The van der Waals surface area contributed by atoms with E-state index >= 15 is 0 Å². The van der Waals surface area contributed by atoms with E-state index < -0.39 is 0 Å². The van der Waals surface area contributed by atoms with Gasteiger partial charge in [0, 0.05) is 28.7 Å². The van der Waals surface area contributed by atoms with Crippen molar-refractivity contribution in [2.45, 2.75) is 20.4 Å². The number of nitrogens with one attached hydrogen (secondary N) is 1. The van der Waals surface area contributed by atoms with Crippen molar-refractivity contribution >= 4 is 12.2 Å². The second-order valence-corrected chi connectivity index (χ2v) is 6.83. The predicted molar refractivity (Wildman–Crippen MR) is 116 cm³/mol. The van der Waals surface area contributed by atoms with Crippen molar-refractivity contribution in [1.82, 2.24) is 19.7 Å². The van der Waals surface area contributed by atoms with Crippen molar-refractivity contribution in [2.75, 3.05) is 5.43 Å². The van der Waals surface area contributed by atoms with Crippen molar-refractivity contribution in [3.8, 4) is 11.3 Å². The number of anilines is 1. The average molecular weight is 382 g/mol. The SMILES string of the molecule is Cc1cc(C)nc(N/N=C\c2cn(Cc3ccccc3)nc2-c2ccccc2)n1. The lowest BCUT2D eigenvalue weighted by Crippen LogP contribution is -2.00. The molecular formula is C23H22N6. The van der Waals surface area contributed by atoms with Crippen LogP contribution in [-0.4, -0.2) is 26.0 Å². The summed E-state index contributed by atoms with van der Waals surface area (Å²) in [6.45, 7) is 4.57. The predicted octanol–water partition coefficient (Wildman–Crippen LogP) is 4.45. The molecule has 4 aromatic rings. The quantitative estimate of drug-likeness (QED) is 0.395. The molecule has 2 heterocycles. The Balaban J connectivity index is 1.61. The Hall–Kier alpha value is -3.80. The highest BCUT2D eigenvalue weighted by Gasteiger charge is 2.10. The topological polar surface area (TPSA) is 68.0 Å². The highest BCUT2D eigenvalue weighted by atomic mass is 15.3. The van der Waals surface area contributed by atoms with Crippen LogP contribution in [0.4, 0.5) is 5.95 Å². The van der Waals surface area contributed by atoms with Gasteiger partial charge in [0.15, 0.2) is 0 Å². The fourth-order valence-electron chi connectivity index (χ4n) is 3.14. The van der Waals surface area contributed by atoms with E-state index in [4.69, 9.17) is 5.10 Å². The van der Waals surface area contributed by atoms with Crippen LogP contribution in [0.25, 0.3) is 11.3 Å². The molecule has 0 radical (unpaired) electrons. The van der Waals surface area contributed by atoms with Crippen LogP contribution in [0.2, 0.25) is 0 Å². The molecule has 0 saturated heterocycles.